The second-order valence-electron chi connectivity index (χ2n) is 24.7. The van der Waals surface area contributed by atoms with E-state index in [0.29, 0.717) is 6.42 Å². The number of rotatable bonds is 57. The highest BCUT2D eigenvalue weighted by molar-refractivity contribution is 5.76. The molecule has 12 atom stereocenters. The van der Waals surface area contributed by atoms with Gasteiger partial charge in [0.1, 0.15) is 48.8 Å². The van der Waals surface area contributed by atoms with Gasteiger partial charge in [0.2, 0.25) is 5.91 Å². The zero-order chi connectivity index (χ0) is 59.5. The average Bonchev–Trinajstić information content (AvgIpc) is 3.67. The highest BCUT2D eigenvalue weighted by atomic mass is 16.7. The molecule has 82 heavy (non-hydrogen) atoms. The third kappa shape index (κ3) is 37.9. The first-order valence-electron chi connectivity index (χ1n) is 34.6. The van der Waals surface area contributed by atoms with E-state index >= 15 is 0 Å². The number of carbonyl (C=O) groups excluding carboxylic acids is 1. The topological polar surface area (TPSA) is 228 Å². The SMILES string of the molecule is CCCCCCCC/C=C\CCCCCCCCCCCC(=O)NC(COC1OC(CO)C(OC2OC(CO)C(O)C(O)C2O)C(O)C1O)C(O)/C=C/CCCCCCCCCCCCCCCCCCCCCCCCCCCCC. The summed E-state index contributed by atoms with van der Waals surface area (Å²) in [4.78, 5) is 13.3. The second kappa shape index (κ2) is 53.7. The summed E-state index contributed by atoms with van der Waals surface area (Å²) in [5.41, 5.74) is 0. The molecule has 0 saturated carbocycles. The number of ether oxygens (including phenoxy) is 4. The Kier molecular flexibility index (Phi) is 50.1. The number of amides is 1. The molecule has 14 heteroatoms. The highest BCUT2D eigenvalue weighted by Crippen LogP contribution is 2.30. The normalized spacial score (nSPS) is 24.0. The molecule has 0 aromatic heterocycles. The Morgan fingerprint density at radius 1 is 0.427 bits per heavy atom. The van der Waals surface area contributed by atoms with Gasteiger partial charge in [0.25, 0.3) is 0 Å². The largest absolute Gasteiger partial charge is 0.394 e. The molecule has 2 fully saturated rings. The van der Waals surface area contributed by atoms with Crippen LogP contribution in [0.4, 0.5) is 0 Å². The summed E-state index contributed by atoms with van der Waals surface area (Å²) in [6.45, 7) is 2.84. The van der Waals surface area contributed by atoms with E-state index in [9.17, 15) is 45.6 Å². The van der Waals surface area contributed by atoms with Crippen LogP contribution in [0.15, 0.2) is 24.3 Å². The molecule has 2 aliphatic rings. The van der Waals surface area contributed by atoms with Crippen molar-refractivity contribution in [2.75, 3.05) is 19.8 Å². The molecule has 0 spiro atoms. The van der Waals surface area contributed by atoms with Crippen LogP contribution in [0.2, 0.25) is 0 Å². The van der Waals surface area contributed by atoms with Gasteiger partial charge in [-0.05, 0) is 44.9 Å². The van der Waals surface area contributed by atoms with Crippen molar-refractivity contribution in [1.29, 1.82) is 0 Å². The molecule has 2 saturated heterocycles. The van der Waals surface area contributed by atoms with Gasteiger partial charge in [0.05, 0.1) is 32.0 Å². The molecule has 0 aliphatic carbocycles. The van der Waals surface area contributed by atoms with Crippen molar-refractivity contribution >= 4 is 5.91 Å². The van der Waals surface area contributed by atoms with E-state index in [2.05, 4.69) is 31.3 Å². The first-order valence-corrected chi connectivity index (χ1v) is 34.6. The Labute approximate surface area is 500 Å². The van der Waals surface area contributed by atoms with Gasteiger partial charge in [-0.2, -0.15) is 0 Å². The lowest BCUT2D eigenvalue weighted by molar-refractivity contribution is -0.359. The van der Waals surface area contributed by atoms with Crippen molar-refractivity contribution in [2.45, 2.75) is 383 Å². The lowest BCUT2D eigenvalue weighted by atomic mass is 9.97. The monoisotopic (exact) mass is 1170 g/mol. The van der Waals surface area contributed by atoms with Gasteiger partial charge in [-0.25, -0.2) is 0 Å². The number of aliphatic hydroxyl groups is 8. The Hall–Kier alpha value is -1.53. The smallest absolute Gasteiger partial charge is 0.220 e. The van der Waals surface area contributed by atoms with Crippen LogP contribution >= 0.6 is 0 Å². The zero-order valence-electron chi connectivity index (χ0n) is 52.5. The Bertz CT molecular complexity index is 1470. The maximum Gasteiger partial charge on any atom is 0.220 e. The maximum atomic E-state index is 13.3. The van der Waals surface area contributed by atoms with E-state index in [0.717, 1.165) is 38.5 Å². The summed E-state index contributed by atoms with van der Waals surface area (Å²) in [6, 6.07) is -0.915. The maximum absolute atomic E-state index is 13.3. The van der Waals surface area contributed by atoms with Gasteiger partial charge in [0.15, 0.2) is 12.6 Å². The van der Waals surface area contributed by atoms with E-state index < -0.39 is 86.8 Å². The highest BCUT2D eigenvalue weighted by Gasteiger charge is 2.51. The number of unbranched alkanes of at least 4 members (excludes halogenated alkanes) is 42. The minimum Gasteiger partial charge on any atom is -0.394 e. The molecule has 9 N–H and O–H groups in total. The molecule has 1 amide bonds. The Morgan fingerprint density at radius 3 is 1.16 bits per heavy atom. The summed E-state index contributed by atoms with van der Waals surface area (Å²) < 4.78 is 22.8. The fraction of sp³-hybridized carbons (Fsp3) is 0.926. The van der Waals surface area contributed by atoms with E-state index in [-0.39, 0.29) is 18.9 Å². The number of allylic oxidation sites excluding steroid dienone is 3. The summed E-state index contributed by atoms with van der Waals surface area (Å²) in [5, 5.41) is 87.4. The van der Waals surface area contributed by atoms with E-state index in [1.807, 2.05) is 6.08 Å². The molecule has 12 unspecified atom stereocenters. The zero-order valence-corrected chi connectivity index (χ0v) is 52.5. The summed E-state index contributed by atoms with van der Waals surface area (Å²) in [5.74, 6) is -0.237. The molecule has 0 bridgehead atoms. The van der Waals surface area contributed by atoms with Crippen molar-refractivity contribution in [3.8, 4) is 0 Å². The van der Waals surface area contributed by atoms with Crippen LogP contribution in [0.5, 0.6) is 0 Å². The number of aliphatic hydroxyl groups excluding tert-OH is 8. The van der Waals surface area contributed by atoms with Crippen molar-refractivity contribution < 1.29 is 64.6 Å². The standard InChI is InChI=1S/C68H129NO13/c1-3-5-7-9-11-13-15-17-19-21-23-24-25-26-27-28-29-30-31-32-34-35-37-39-41-43-45-47-49-51-57(72)56(69-60(73)52-50-48-46-44-42-40-38-36-33-22-20-18-16-14-12-10-8-6-4-2)55-79-67-65(78)63(76)66(59(54-71)81-67)82-68-64(77)62(75)61(74)58(53-70)80-68/h18,20,49,51,56-59,61-68,70-72,74-78H,3-17,19,21-48,50,52-55H2,1-2H3,(H,69,73)/b20-18-,51-49+. The van der Waals surface area contributed by atoms with Gasteiger partial charge in [-0.3, -0.25) is 4.79 Å². The first kappa shape index (κ1) is 76.6. The molecule has 484 valence electrons. The first-order chi connectivity index (χ1) is 40.1. The van der Waals surface area contributed by atoms with E-state index in [1.54, 1.807) is 6.08 Å². The van der Waals surface area contributed by atoms with Crippen molar-refractivity contribution in [3.05, 3.63) is 24.3 Å². The Morgan fingerprint density at radius 2 is 0.768 bits per heavy atom. The van der Waals surface area contributed by atoms with E-state index in [4.69, 9.17) is 18.9 Å². The number of hydrogen-bond acceptors (Lipinski definition) is 13. The minimum absolute atomic E-state index is 0.237. The quantitative estimate of drug-likeness (QED) is 0.0204. The van der Waals surface area contributed by atoms with Gasteiger partial charge >= 0.3 is 0 Å². The van der Waals surface area contributed by atoms with Crippen molar-refractivity contribution in [2.24, 2.45) is 0 Å². The summed E-state index contributed by atoms with van der Waals surface area (Å²) >= 11 is 0. The third-order valence-corrected chi connectivity index (χ3v) is 17.1. The van der Waals surface area contributed by atoms with Crippen LogP contribution in [0.1, 0.15) is 309 Å². The van der Waals surface area contributed by atoms with E-state index in [1.165, 1.54) is 244 Å². The number of nitrogens with one attached hydrogen (secondary N) is 1. The molecule has 14 nitrogen and oxygen atoms in total. The van der Waals surface area contributed by atoms with Gasteiger partial charge in [-0.1, -0.05) is 282 Å². The molecular formula is C68H129NO13. The molecule has 0 aromatic rings. The molecule has 0 radical (unpaired) electrons. The number of hydrogen-bond donors (Lipinski definition) is 9. The van der Waals surface area contributed by atoms with Gasteiger partial charge in [-0.15, -0.1) is 0 Å². The van der Waals surface area contributed by atoms with Crippen molar-refractivity contribution in [3.63, 3.8) is 0 Å². The van der Waals surface area contributed by atoms with Crippen LogP contribution in [0.25, 0.3) is 0 Å². The summed E-state index contributed by atoms with van der Waals surface area (Å²) in [7, 11) is 0. The van der Waals surface area contributed by atoms with Gasteiger partial charge < -0.3 is 65.1 Å². The molecule has 2 rings (SSSR count). The lowest BCUT2D eigenvalue weighted by Gasteiger charge is -2.46. The average molecular weight is 1170 g/mol. The van der Waals surface area contributed by atoms with Crippen molar-refractivity contribution in [1.82, 2.24) is 5.32 Å². The predicted molar refractivity (Wildman–Crippen MR) is 332 cm³/mol. The number of carbonyl (C=O) groups is 1. The van der Waals surface area contributed by atoms with Crippen LogP contribution in [-0.2, 0) is 23.7 Å². The fourth-order valence-electron chi connectivity index (χ4n) is 11.6. The molecule has 2 aliphatic heterocycles. The van der Waals surface area contributed by atoms with Crippen LogP contribution < -0.4 is 5.32 Å². The lowest BCUT2D eigenvalue weighted by Crippen LogP contribution is -2.65. The van der Waals surface area contributed by atoms with Crippen LogP contribution in [-0.4, -0.2) is 140 Å². The molecular weight excluding hydrogens is 1040 g/mol. The molecule has 0 aromatic carbocycles. The van der Waals surface area contributed by atoms with Crippen LogP contribution in [0, 0.1) is 0 Å². The minimum atomic E-state index is -1.79. The molecule has 2 heterocycles. The summed E-state index contributed by atoms with van der Waals surface area (Å²) in [6.07, 6.45) is 49.5. The predicted octanol–water partition coefficient (Wildman–Crippen LogP) is 13.6. The second-order valence-corrected chi connectivity index (χ2v) is 24.7. The fourth-order valence-corrected chi connectivity index (χ4v) is 11.6. The Balaban J connectivity index is 1.68. The van der Waals surface area contributed by atoms with Gasteiger partial charge in [0, 0.05) is 6.42 Å². The van der Waals surface area contributed by atoms with Crippen LogP contribution in [0.3, 0.4) is 0 Å². The third-order valence-electron chi connectivity index (χ3n) is 17.1.